The van der Waals surface area contributed by atoms with Crippen LogP contribution < -0.4 is 16.4 Å². The van der Waals surface area contributed by atoms with Gasteiger partial charge >= 0.3 is 12.1 Å². The number of carbonyl (C=O) groups excluding carboxylic acids is 5. The molecule has 3 unspecified atom stereocenters. The molecule has 11 heteroatoms. The Bertz CT molecular complexity index is 1320. The maximum atomic E-state index is 14.2. The highest BCUT2D eigenvalue weighted by atomic mass is 16.6. The largest absolute Gasteiger partial charge is 0.458 e. The smallest absolute Gasteiger partial charge is 0.408 e. The third kappa shape index (κ3) is 12.8. The number of nitrogens with zero attached hydrogens (tertiary/aromatic N) is 1. The van der Waals surface area contributed by atoms with Gasteiger partial charge in [-0.05, 0) is 59.1 Å². The molecule has 45 heavy (non-hydrogen) atoms. The van der Waals surface area contributed by atoms with Gasteiger partial charge in [0.15, 0.2) is 0 Å². The Balaban J connectivity index is 2.54. The van der Waals surface area contributed by atoms with E-state index in [1.807, 2.05) is 30.3 Å². The van der Waals surface area contributed by atoms with Crippen LogP contribution in [-0.2, 0) is 35.1 Å². The van der Waals surface area contributed by atoms with Gasteiger partial charge in [-0.2, -0.15) is 0 Å². The molecule has 0 spiro atoms. The molecular formula is C34H46N4O7. The van der Waals surface area contributed by atoms with E-state index in [4.69, 9.17) is 15.2 Å². The van der Waals surface area contributed by atoms with Crippen molar-refractivity contribution < 1.29 is 33.4 Å². The van der Waals surface area contributed by atoms with E-state index in [0.717, 1.165) is 5.56 Å². The fraction of sp³-hybridized carbons (Fsp3) is 0.441. The molecule has 2 aromatic carbocycles. The molecule has 0 aliphatic rings. The Labute approximate surface area is 265 Å². The van der Waals surface area contributed by atoms with Gasteiger partial charge in [-0.1, -0.05) is 66.7 Å². The summed E-state index contributed by atoms with van der Waals surface area (Å²) in [5, 5.41) is 5.34. The zero-order valence-corrected chi connectivity index (χ0v) is 27.0. The van der Waals surface area contributed by atoms with Gasteiger partial charge in [-0.3, -0.25) is 14.4 Å². The summed E-state index contributed by atoms with van der Waals surface area (Å²) in [5.74, 6) is -2.65. The van der Waals surface area contributed by atoms with Crippen LogP contribution in [0, 0.1) is 0 Å². The SMILES string of the molecule is C=CCN(C(=O)C(CCC(N)=O)NC(=O)OC(C)(C)C)C(C(=O)NC(Cc1ccccc1)C(=O)OC(C)(C)C)c1ccccc1. The molecule has 3 atom stereocenters. The van der Waals surface area contributed by atoms with Crippen molar-refractivity contribution in [3.05, 3.63) is 84.4 Å². The molecule has 0 radical (unpaired) electrons. The molecule has 0 fully saturated rings. The first kappa shape index (κ1) is 36.5. The van der Waals surface area contributed by atoms with E-state index in [9.17, 15) is 24.0 Å². The van der Waals surface area contributed by atoms with Crippen molar-refractivity contribution in [3.63, 3.8) is 0 Å². The second-order valence-corrected chi connectivity index (χ2v) is 12.6. The molecule has 0 aliphatic heterocycles. The van der Waals surface area contributed by atoms with E-state index in [-0.39, 0.29) is 25.8 Å². The van der Waals surface area contributed by atoms with Crippen molar-refractivity contribution in [2.75, 3.05) is 6.54 Å². The monoisotopic (exact) mass is 622 g/mol. The summed E-state index contributed by atoms with van der Waals surface area (Å²) in [6, 6.07) is 14.1. The van der Waals surface area contributed by atoms with E-state index in [2.05, 4.69) is 17.2 Å². The van der Waals surface area contributed by atoms with Gasteiger partial charge < -0.3 is 30.7 Å². The third-order valence-corrected chi connectivity index (χ3v) is 6.24. The van der Waals surface area contributed by atoms with Gasteiger partial charge in [0, 0.05) is 19.4 Å². The highest BCUT2D eigenvalue weighted by Crippen LogP contribution is 2.24. The second kappa shape index (κ2) is 16.4. The summed E-state index contributed by atoms with van der Waals surface area (Å²) >= 11 is 0. The molecule has 4 amide bonds. The molecule has 0 aliphatic carbocycles. The van der Waals surface area contributed by atoms with E-state index in [0.29, 0.717) is 5.56 Å². The van der Waals surface area contributed by atoms with Crippen LogP contribution in [0.1, 0.15) is 71.6 Å². The summed E-state index contributed by atoms with van der Waals surface area (Å²) in [5.41, 5.74) is 4.92. The van der Waals surface area contributed by atoms with Crippen molar-refractivity contribution in [1.82, 2.24) is 15.5 Å². The molecule has 0 saturated heterocycles. The Morgan fingerprint density at radius 2 is 1.40 bits per heavy atom. The number of nitrogens with two attached hydrogens (primary N) is 1. The molecule has 2 rings (SSSR count). The maximum Gasteiger partial charge on any atom is 0.408 e. The Kier molecular flexibility index (Phi) is 13.3. The lowest BCUT2D eigenvalue weighted by Crippen LogP contribution is -2.55. The number of hydrogen-bond donors (Lipinski definition) is 3. The predicted octanol–water partition coefficient (Wildman–Crippen LogP) is 3.97. The Morgan fingerprint density at radius 3 is 1.91 bits per heavy atom. The molecule has 4 N–H and O–H groups in total. The van der Waals surface area contributed by atoms with Crippen LogP contribution in [0.15, 0.2) is 73.3 Å². The minimum atomic E-state index is -1.27. The molecule has 2 aromatic rings. The number of alkyl carbamates (subject to hydrolysis) is 1. The number of ether oxygens (including phenoxy) is 2. The summed E-state index contributed by atoms with van der Waals surface area (Å²) < 4.78 is 11.0. The van der Waals surface area contributed by atoms with Crippen molar-refractivity contribution in [2.24, 2.45) is 5.73 Å². The number of primary amides is 1. The average molecular weight is 623 g/mol. The van der Waals surface area contributed by atoms with Crippen molar-refractivity contribution in [2.45, 2.75) is 90.1 Å². The maximum absolute atomic E-state index is 14.2. The number of hydrogen-bond acceptors (Lipinski definition) is 7. The second-order valence-electron chi connectivity index (χ2n) is 12.6. The average Bonchev–Trinajstić information content (AvgIpc) is 2.93. The molecule has 0 saturated carbocycles. The topological polar surface area (TPSA) is 157 Å². The standard InChI is InChI=1S/C34H46N4O7/c1-8-21-38(30(41)25(19-20-27(35)39)37-32(43)45-34(5,6)7)28(24-17-13-10-14-18-24)29(40)36-26(31(42)44-33(2,3)4)22-23-15-11-9-12-16-23/h8-18,25-26,28H,1,19-22H2,2-7H3,(H2,35,39)(H,36,40)(H,37,43). The highest BCUT2D eigenvalue weighted by Gasteiger charge is 2.38. The van der Waals surface area contributed by atoms with Crippen LogP contribution in [0.3, 0.4) is 0 Å². The summed E-state index contributed by atoms with van der Waals surface area (Å²) in [6.07, 6.45) is 0.347. The van der Waals surface area contributed by atoms with Gasteiger partial charge in [0.2, 0.25) is 17.7 Å². The fourth-order valence-electron chi connectivity index (χ4n) is 4.43. The zero-order chi connectivity index (χ0) is 33.8. The summed E-state index contributed by atoms with van der Waals surface area (Å²) in [6.45, 7) is 13.9. The number of esters is 1. The summed E-state index contributed by atoms with van der Waals surface area (Å²) in [7, 11) is 0. The van der Waals surface area contributed by atoms with Gasteiger partial charge in [0.25, 0.3) is 0 Å². The molecule has 0 aromatic heterocycles. The summed E-state index contributed by atoms with van der Waals surface area (Å²) in [4.78, 5) is 67.3. The molecule has 0 bridgehead atoms. The Morgan fingerprint density at radius 1 is 0.844 bits per heavy atom. The third-order valence-electron chi connectivity index (χ3n) is 6.24. The van der Waals surface area contributed by atoms with Crippen LogP contribution in [0.4, 0.5) is 4.79 Å². The van der Waals surface area contributed by atoms with E-state index < -0.39 is 59.1 Å². The number of rotatable bonds is 14. The van der Waals surface area contributed by atoms with Crippen LogP contribution in [0.2, 0.25) is 0 Å². The first-order chi connectivity index (χ1) is 21.0. The highest BCUT2D eigenvalue weighted by molar-refractivity contribution is 5.94. The van der Waals surface area contributed by atoms with Crippen molar-refractivity contribution in [3.8, 4) is 0 Å². The van der Waals surface area contributed by atoms with Crippen LogP contribution >= 0.6 is 0 Å². The molecule has 0 heterocycles. The van der Waals surface area contributed by atoms with Gasteiger partial charge in [0.05, 0.1) is 0 Å². The number of carbonyl (C=O) groups is 5. The van der Waals surface area contributed by atoms with E-state index >= 15 is 0 Å². The lowest BCUT2D eigenvalue weighted by molar-refractivity contribution is -0.159. The van der Waals surface area contributed by atoms with Gasteiger partial charge in [0.1, 0.15) is 29.3 Å². The lowest BCUT2D eigenvalue weighted by atomic mass is 10.00. The van der Waals surface area contributed by atoms with Crippen molar-refractivity contribution >= 4 is 29.8 Å². The normalized spacial score (nSPS) is 13.4. The molecule has 244 valence electrons. The van der Waals surface area contributed by atoms with E-state index in [1.165, 1.54) is 11.0 Å². The number of nitrogens with one attached hydrogen (secondary N) is 2. The fourth-order valence-corrected chi connectivity index (χ4v) is 4.43. The first-order valence-electron chi connectivity index (χ1n) is 14.8. The lowest BCUT2D eigenvalue weighted by Gasteiger charge is -2.34. The van der Waals surface area contributed by atoms with Crippen LogP contribution in [-0.4, -0.2) is 64.5 Å². The quantitative estimate of drug-likeness (QED) is 0.213. The van der Waals surface area contributed by atoms with Gasteiger partial charge in [-0.25, -0.2) is 9.59 Å². The van der Waals surface area contributed by atoms with Crippen molar-refractivity contribution in [1.29, 1.82) is 0 Å². The predicted molar refractivity (Wildman–Crippen MR) is 171 cm³/mol. The minimum Gasteiger partial charge on any atom is -0.458 e. The zero-order valence-electron chi connectivity index (χ0n) is 27.0. The Hall–Kier alpha value is -4.67. The minimum absolute atomic E-state index is 0.106. The number of amides is 4. The number of benzene rings is 2. The van der Waals surface area contributed by atoms with E-state index in [1.54, 1.807) is 71.9 Å². The first-order valence-corrected chi connectivity index (χ1v) is 14.8. The van der Waals surface area contributed by atoms with Crippen LogP contribution in [0.5, 0.6) is 0 Å². The van der Waals surface area contributed by atoms with Gasteiger partial charge in [-0.15, -0.1) is 6.58 Å². The molecule has 11 nitrogen and oxygen atoms in total. The van der Waals surface area contributed by atoms with Crippen LogP contribution in [0.25, 0.3) is 0 Å². The molecular weight excluding hydrogens is 576 g/mol.